The lowest BCUT2D eigenvalue weighted by Gasteiger charge is -2.08. The van der Waals surface area contributed by atoms with Crippen LogP contribution >= 0.6 is 0 Å². The predicted octanol–water partition coefficient (Wildman–Crippen LogP) is 1.72. The average Bonchev–Trinajstić information content (AvgIpc) is 2.85. The number of aryl methyl sites for hydroxylation is 2. The van der Waals surface area contributed by atoms with Crippen LogP contribution in [0.5, 0.6) is 0 Å². The molecule has 3 rings (SSSR count). The van der Waals surface area contributed by atoms with Gasteiger partial charge in [-0.1, -0.05) is 12.1 Å². The Hall–Kier alpha value is -2.50. The van der Waals surface area contributed by atoms with Crippen molar-refractivity contribution in [3.05, 3.63) is 42.1 Å². The van der Waals surface area contributed by atoms with Crippen LogP contribution in [0.1, 0.15) is 11.5 Å². The first-order valence-corrected chi connectivity index (χ1v) is 6.54. The van der Waals surface area contributed by atoms with Crippen molar-refractivity contribution in [3.63, 3.8) is 0 Å². The fourth-order valence-corrected chi connectivity index (χ4v) is 2.05. The molecule has 0 atom stereocenters. The number of fused-ring (bicyclic) bond motifs is 1. The molecule has 0 radical (unpaired) electrons. The van der Waals surface area contributed by atoms with Crippen molar-refractivity contribution in [3.8, 4) is 0 Å². The van der Waals surface area contributed by atoms with E-state index in [-0.39, 0.29) is 0 Å². The summed E-state index contributed by atoms with van der Waals surface area (Å²) < 4.78 is 1.70. The highest BCUT2D eigenvalue weighted by atomic mass is 15.3. The third-order valence-corrected chi connectivity index (χ3v) is 3.03. The van der Waals surface area contributed by atoms with E-state index >= 15 is 0 Å². The fraction of sp³-hybridized carbons (Fsp3) is 0.286. The molecule has 2 aromatic heterocycles. The van der Waals surface area contributed by atoms with Crippen LogP contribution in [-0.4, -0.2) is 31.3 Å². The van der Waals surface area contributed by atoms with E-state index < -0.39 is 0 Å². The van der Waals surface area contributed by atoms with Crippen molar-refractivity contribution >= 4 is 16.9 Å². The van der Waals surface area contributed by atoms with E-state index in [1.165, 1.54) is 0 Å². The third kappa shape index (κ3) is 2.59. The maximum Gasteiger partial charge on any atom is 0.152 e. The van der Waals surface area contributed by atoms with Crippen molar-refractivity contribution < 1.29 is 0 Å². The molecule has 0 bridgehead atoms. The minimum Gasteiger partial charge on any atom is -0.368 e. The molecule has 6 nitrogen and oxygen atoms in total. The van der Waals surface area contributed by atoms with Crippen LogP contribution in [0.2, 0.25) is 0 Å². The van der Waals surface area contributed by atoms with E-state index in [0.717, 1.165) is 41.3 Å². The molecular formula is C14H16N6. The van der Waals surface area contributed by atoms with Gasteiger partial charge in [-0.05, 0) is 19.1 Å². The van der Waals surface area contributed by atoms with Gasteiger partial charge >= 0.3 is 0 Å². The summed E-state index contributed by atoms with van der Waals surface area (Å²) in [4.78, 5) is 13.3. The summed E-state index contributed by atoms with van der Waals surface area (Å²) in [5.74, 6) is 1.64. The molecule has 2 heterocycles. The van der Waals surface area contributed by atoms with Gasteiger partial charge in [-0.2, -0.15) is 5.10 Å². The zero-order valence-electron chi connectivity index (χ0n) is 11.5. The molecule has 20 heavy (non-hydrogen) atoms. The van der Waals surface area contributed by atoms with Gasteiger partial charge in [0.25, 0.3) is 0 Å². The Bertz CT molecular complexity index is 733. The Balaban J connectivity index is 1.72. The second kappa shape index (κ2) is 5.24. The van der Waals surface area contributed by atoms with E-state index in [0.29, 0.717) is 0 Å². The minimum atomic E-state index is 0.734. The lowest BCUT2D eigenvalue weighted by molar-refractivity contribution is 0.741. The normalized spacial score (nSPS) is 10.9. The zero-order chi connectivity index (χ0) is 13.9. The Morgan fingerprint density at radius 2 is 1.90 bits per heavy atom. The summed E-state index contributed by atoms with van der Waals surface area (Å²) in [5, 5.41) is 7.54. The maximum absolute atomic E-state index is 4.59. The number of hydrogen-bond acceptors (Lipinski definition) is 5. The van der Waals surface area contributed by atoms with E-state index in [1.54, 1.807) is 11.0 Å². The molecular weight excluding hydrogens is 252 g/mol. The molecule has 0 saturated carbocycles. The maximum atomic E-state index is 4.59. The molecule has 0 unspecified atom stereocenters. The van der Waals surface area contributed by atoms with Gasteiger partial charge in [-0.15, -0.1) is 0 Å². The molecule has 0 fully saturated rings. The van der Waals surface area contributed by atoms with Crippen LogP contribution in [0.4, 0.5) is 5.82 Å². The number of rotatable bonds is 4. The van der Waals surface area contributed by atoms with Gasteiger partial charge in [0, 0.05) is 20.0 Å². The minimum absolute atomic E-state index is 0.734. The molecule has 0 spiro atoms. The van der Waals surface area contributed by atoms with Crippen molar-refractivity contribution in [2.45, 2.75) is 13.3 Å². The fourth-order valence-electron chi connectivity index (χ4n) is 2.05. The number of para-hydroxylation sites is 2. The first-order valence-electron chi connectivity index (χ1n) is 6.54. The van der Waals surface area contributed by atoms with E-state index in [4.69, 9.17) is 0 Å². The number of hydrogen-bond donors (Lipinski definition) is 1. The van der Waals surface area contributed by atoms with Gasteiger partial charge in [0.05, 0.1) is 16.7 Å². The summed E-state index contributed by atoms with van der Waals surface area (Å²) in [6, 6.07) is 7.87. The number of aromatic nitrogens is 5. The van der Waals surface area contributed by atoms with Gasteiger partial charge in [0.2, 0.25) is 0 Å². The topological polar surface area (TPSA) is 68.5 Å². The number of benzene rings is 1. The second-order valence-electron chi connectivity index (χ2n) is 4.66. The molecule has 102 valence electrons. The van der Waals surface area contributed by atoms with Crippen LogP contribution in [-0.2, 0) is 13.5 Å². The molecule has 0 aliphatic heterocycles. The highest BCUT2D eigenvalue weighted by Gasteiger charge is 2.05. The lowest BCUT2D eigenvalue weighted by Crippen LogP contribution is -2.09. The predicted molar refractivity (Wildman–Crippen MR) is 77.5 cm³/mol. The SMILES string of the molecule is Cc1nc2ccccc2nc1NCCc1ncn(C)n1. The van der Waals surface area contributed by atoms with Crippen molar-refractivity contribution in [1.29, 1.82) is 0 Å². The average molecular weight is 268 g/mol. The highest BCUT2D eigenvalue weighted by molar-refractivity contribution is 5.76. The summed E-state index contributed by atoms with van der Waals surface area (Å²) in [5.41, 5.74) is 2.72. The standard InChI is InChI=1S/C14H16N6/c1-10-14(15-8-7-13-16-9-20(2)19-13)18-12-6-4-3-5-11(12)17-10/h3-6,9H,7-8H2,1-2H3,(H,15,18). The lowest BCUT2D eigenvalue weighted by atomic mass is 10.3. The molecule has 0 aliphatic rings. The summed E-state index contributed by atoms with van der Waals surface area (Å²) in [7, 11) is 1.86. The van der Waals surface area contributed by atoms with Crippen LogP contribution in [0.25, 0.3) is 11.0 Å². The quantitative estimate of drug-likeness (QED) is 0.780. The van der Waals surface area contributed by atoms with Crippen molar-refractivity contribution in [2.75, 3.05) is 11.9 Å². The zero-order valence-corrected chi connectivity index (χ0v) is 11.5. The first kappa shape index (κ1) is 12.5. The molecule has 0 saturated heterocycles. The smallest absolute Gasteiger partial charge is 0.152 e. The van der Waals surface area contributed by atoms with Crippen molar-refractivity contribution in [1.82, 2.24) is 24.7 Å². The monoisotopic (exact) mass is 268 g/mol. The van der Waals surface area contributed by atoms with Gasteiger partial charge in [-0.25, -0.2) is 15.0 Å². The molecule has 0 amide bonds. The Morgan fingerprint density at radius 3 is 2.60 bits per heavy atom. The van der Waals surface area contributed by atoms with Crippen LogP contribution in [0, 0.1) is 6.92 Å². The largest absolute Gasteiger partial charge is 0.368 e. The Labute approximate surface area is 116 Å². The number of nitrogens with one attached hydrogen (secondary N) is 1. The number of nitrogens with zero attached hydrogens (tertiary/aromatic N) is 5. The third-order valence-electron chi connectivity index (χ3n) is 3.03. The molecule has 3 aromatic rings. The van der Waals surface area contributed by atoms with E-state index in [9.17, 15) is 0 Å². The van der Waals surface area contributed by atoms with E-state index in [1.807, 2.05) is 38.2 Å². The molecule has 6 heteroatoms. The van der Waals surface area contributed by atoms with Gasteiger partial charge in [-0.3, -0.25) is 4.68 Å². The Morgan fingerprint density at radius 1 is 1.15 bits per heavy atom. The Kier molecular flexibility index (Phi) is 3.28. The van der Waals surface area contributed by atoms with Gasteiger partial charge < -0.3 is 5.32 Å². The molecule has 1 N–H and O–H groups in total. The van der Waals surface area contributed by atoms with Crippen LogP contribution < -0.4 is 5.32 Å². The van der Waals surface area contributed by atoms with Crippen LogP contribution in [0.15, 0.2) is 30.6 Å². The molecule has 0 aliphatic carbocycles. The summed E-state index contributed by atoms with van der Waals surface area (Å²) in [6.07, 6.45) is 2.46. The highest BCUT2D eigenvalue weighted by Crippen LogP contribution is 2.15. The van der Waals surface area contributed by atoms with Crippen molar-refractivity contribution in [2.24, 2.45) is 7.05 Å². The second-order valence-corrected chi connectivity index (χ2v) is 4.66. The van der Waals surface area contributed by atoms with E-state index in [2.05, 4.69) is 25.4 Å². The first-order chi connectivity index (χ1) is 9.72. The van der Waals surface area contributed by atoms with Gasteiger partial charge in [0.1, 0.15) is 12.1 Å². The van der Waals surface area contributed by atoms with Crippen LogP contribution in [0.3, 0.4) is 0 Å². The summed E-state index contributed by atoms with van der Waals surface area (Å²) >= 11 is 0. The number of anilines is 1. The van der Waals surface area contributed by atoms with Gasteiger partial charge in [0.15, 0.2) is 5.82 Å². The molecule has 1 aromatic carbocycles. The summed E-state index contributed by atoms with van der Waals surface area (Å²) in [6.45, 7) is 2.69.